The van der Waals surface area contributed by atoms with E-state index in [4.69, 9.17) is 21.1 Å². The number of benzene rings is 1. The molecule has 1 rings (SSSR count). The molecule has 0 amide bonds. The van der Waals surface area contributed by atoms with Crippen LogP contribution in [0, 0.1) is 11.8 Å². The van der Waals surface area contributed by atoms with Crippen molar-refractivity contribution in [3.63, 3.8) is 0 Å². The van der Waals surface area contributed by atoms with Gasteiger partial charge in [-0.05, 0) is 24.1 Å². The number of nitrogens with zero attached hydrogens (tertiary/aromatic N) is 1. The number of halogens is 1. The third kappa shape index (κ3) is 5.67. The van der Waals surface area contributed by atoms with E-state index in [9.17, 15) is 9.59 Å². The van der Waals surface area contributed by atoms with Gasteiger partial charge in [0, 0.05) is 16.8 Å². The van der Waals surface area contributed by atoms with Gasteiger partial charge >= 0.3 is 11.9 Å². The average molecular weight is 340 g/mol. The van der Waals surface area contributed by atoms with Gasteiger partial charge in [0.1, 0.15) is 11.8 Å². The minimum Gasteiger partial charge on any atom is -0.467 e. The number of aliphatic imine (C=N–C) groups is 1. The molecule has 1 atom stereocenters. The van der Waals surface area contributed by atoms with Crippen LogP contribution in [0.5, 0.6) is 5.75 Å². The standard InChI is InChI=1S/C17H22ClNO4/c1-10(2)15(17(21)22-5)19-9-12-8-13(18)6-7-14(12)23-16(20)11(3)4/h6-11,15H,1-5H3. The SMILES string of the molecule is COC(=O)C(N=Cc1cc(Cl)ccc1OC(=O)C(C)C)C(C)C. The number of carbonyl (C=O) groups excluding carboxylic acids is 2. The number of hydrogen-bond donors (Lipinski definition) is 0. The lowest BCUT2D eigenvalue weighted by Gasteiger charge is -2.14. The zero-order valence-corrected chi connectivity index (χ0v) is 14.8. The van der Waals surface area contributed by atoms with Gasteiger partial charge in [0.05, 0.1) is 13.0 Å². The Morgan fingerprint density at radius 1 is 1.17 bits per heavy atom. The highest BCUT2D eigenvalue weighted by Crippen LogP contribution is 2.23. The highest BCUT2D eigenvalue weighted by Gasteiger charge is 2.21. The molecule has 0 aliphatic rings. The van der Waals surface area contributed by atoms with Crippen molar-refractivity contribution in [2.24, 2.45) is 16.8 Å². The van der Waals surface area contributed by atoms with Crippen LogP contribution in [0.15, 0.2) is 23.2 Å². The third-order valence-electron chi connectivity index (χ3n) is 3.10. The summed E-state index contributed by atoms with van der Waals surface area (Å²) in [7, 11) is 1.32. The minimum absolute atomic E-state index is 0.0282. The molecule has 0 fully saturated rings. The summed E-state index contributed by atoms with van der Waals surface area (Å²) in [5.74, 6) is -0.702. The van der Waals surface area contributed by atoms with Gasteiger partial charge < -0.3 is 9.47 Å². The fraction of sp³-hybridized carbons (Fsp3) is 0.471. The predicted molar refractivity (Wildman–Crippen MR) is 90.2 cm³/mol. The average Bonchev–Trinajstić information content (AvgIpc) is 2.48. The molecule has 1 aromatic rings. The molecule has 0 aromatic heterocycles. The van der Waals surface area contributed by atoms with Crippen molar-refractivity contribution in [3.8, 4) is 5.75 Å². The molecule has 0 bridgehead atoms. The van der Waals surface area contributed by atoms with E-state index in [1.807, 2.05) is 13.8 Å². The molecule has 0 saturated carbocycles. The lowest BCUT2D eigenvalue weighted by atomic mass is 10.1. The monoisotopic (exact) mass is 339 g/mol. The van der Waals surface area contributed by atoms with Gasteiger partial charge in [0.15, 0.2) is 0 Å². The van der Waals surface area contributed by atoms with Crippen molar-refractivity contribution in [2.45, 2.75) is 33.7 Å². The van der Waals surface area contributed by atoms with Crippen LogP contribution in [0.25, 0.3) is 0 Å². The Morgan fingerprint density at radius 3 is 2.35 bits per heavy atom. The van der Waals surface area contributed by atoms with Crippen molar-refractivity contribution in [2.75, 3.05) is 7.11 Å². The number of rotatable bonds is 6. The molecule has 1 unspecified atom stereocenters. The Kier molecular flexibility index (Phi) is 7.23. The molecule has 0 aliphatic carbocycles. The topological polar surface area (TPSA) is 65.0 Å². The normalized spacial score (nSPS) is 12.7. The van der Waals surface area contributed by atoms with Gasteiger partial charge in [0.2, 0.25) is 0 Å². The Balaban J connectivity index is 3.10. The highest BCUT2D eigenvalue weighted by molar-refractivity contribution is 6.31. The largest absolute Gasteiger partial charge is 0.467 e. The number of hydrogen-bond acceptors (Lipinski definition) is 5. The summed E-state index contributed by atoms with van der Waals surface area (Å²) in [5.41, 5.74) is 0.529. The molecular weight excluding hydrogens is 318 g/mol. The van der Waals surface area contributed by atoms with Crippen molar-refractivity contribution in [3.05, 3.63) is 28.8 Å². The Bertz CT molecular complexity index is 596. The van der Waals surface area contributed by atoms with E-state index < -0.39 is 12.0 Å². The fourth-order valence-electron chi connectivity index (χ4n) is 1.73. The maximum Gasteiger partial charge on any atom is 0.330 e. The molecule has 0 radical (unpaired) electrons. The smallest absolute Gasteiger partial charge is 0.330 e. The molecule has 23 heavy (non-hydrogen) atoms. The van der Waals surface area contributed by atoms with Crippen LogP contribution in [0.4, 0.5) is 0 Å². The molecular formula is C17H22ClNO4. The van der Waals surface area contributed by atoms with E-state index in [0.29, 0.717) is 16.3 Å². The van der Waals surface area contributed by atoms with Crippen LogP contribution in [0.2, 0.25) is 5.02 Å². The quantitative estimate of drug-likeness (QED) is 0.452. The summed E-state index contributed by atoms with van der Waals surface area (Å²) in [4.78, 5) is 27.8. The molecule has 0 saturated heterocycles. The Labute approximate surface area is 141 Å². The summed E-state index contributed by atoms with van der Waals surface area (Å²) in [6, 6.07) is 4.23. The first kappa shape index (κ1) is 19.2. The minimum atomic E-state index is -0.632. The summed E-state index contributed by atoms with van der Waals surface area (Å²) >= 11 is 5.99. The third-order valence-corrected chi connectivity index (χ3v) is 3.34. The van der Waals surface area contributed by atoms with Gasteiger partial charge in [0.25, 0.3) is 0 Å². The van der Waals surface area contributed by atoms with E-state index in [-0.39, 0.29) is 17.8 Å². The number of ether oxygens (including phenoxy) is 2. The number of carbonyl (C=O) groups is 2. The van der Waals surface area contributed by atoms with Crippen LogP contribution in [-0.2, 0) is 14.3 Å². The zero-order valence-electron chi connectivity index (χ0n) is 14.0. The van der Waals surface area contributed by atoms with Gasteiger partial charge in [-0.25, -0.2) is 4.79 Å². The Morgan fingerprint density at radius 2 is 1.83 bits per heavy atom. The lowest BCUT2D eigenvalue weighted by molar-refractivity contribution is -0.143. The summed E-state index contributed by atoms with van der Waals surface area (Å²) < 4.78 is 10.1. The second kappa shape index (κ2) is 8.67. The van der Waals surface area contributed by atoms with Crippen molar-refractivity contribution in [1.82, 2.24) is 0 Å². The summed E-state index contributed by atoms with van der Waals surface area (Å²) in [6.07, 6.45) is 1.48. The van der Waals surface area contributed by atoms with Gasteiger partial charge in [-0.3, -0.25) is 9.79 Å². The van der Waals surface area contributed by atoms with E-state index in [0.717, 1.165) is 0 Å². The molecule has 0 heterocycles. The first-order valence-electron chi connectivity index (χ1n) is 7.38. The van der Waals surface area contributed by atoms with E-state index in [2.05, 4.69) is 4.99 Å². The van der Waals surface area contributed by atoms with Crippen molar-refractivity contribution in [1.29, 1.82) is 0 Å². The maximum atomic E-state index is 11.8. The van der Waals surface area contributed by atoms with E-state index in [1.165, 1.54) is 13.3 Å². The van der Waals surface area contributed by atoms with Crippen LogP contribution in [0.3, 0.4) is 0 Å². The zero-order chi connectivity index (χ0) is 17.6. The molecule has 5 nitrogen and oxygen atoms in total. The number of methoxy groups -OCH3 is 1. The van der Waals surface area contributed by atoms with Crippen LogP contribution >= 0.6 is 11.6 Å². The highest BCUT2D eigenvalue weighted by atomic mass is 35.5. The Hall–Kier alpha value is -1.88. The maximum absolute atomic E-state index is 11.8. The first-order valence-corrected chi connectivity index (χ1v) is 7.76. The molecule has 6 heteroatoms. The van der Waals surface area contributed by atoms with E-state index >= 15 is 0 Å². The van der Waals surface area contributed by atoms with Gasteiger partial charge in [-0.1, -0.05) is 39.3 Å². The molecule has 0 N–H and O–H groups in total. The van der Waals surface area contributed by atoms with Crippen molar-refractivity contribution >= 4 is 29.8 Å². The van der Waals surface area contributed by atoms with E-state index in [1.54, 1.807) is 32.0 Å². The molecule has 1 aromatic carbocycles. The summed E-state index contributed by atoms with van der Waals surface area (Å²) in [5, 5.41) is 0.481. The first-order chi connectivity index (χ1) is 10.8. The van der Waals surface area contributed by atoms with Gasteiger partial charge in [-0.15, -0.1) is 0 Å². The molecule has 0 spiro atoms. The van der Waals surface area contributed by atoms with Crippen LogP contribution in [-0.4, -0.2) is 31.3 Å². The fourth-order valence-corrected chi connectivity index (χ4v) is 1.91. The van der Waals surface area contributed by atoms with Crippen LogP contribution < -0.4 is 4.74 Å². The second-order valence-electron chi connectivity index (χ2n) is 5.75. The van der Waals surface area contributed by atoms with Gasteiger partial charge in [-0.2, -0.15) is 0 Å². The van der Waals surface area contributed by atoms with Crippen LogP contribution in [0.1, 0.15) is 33.3 Å². The number of esters is 2. The molecule has 126 valence electrons. The second-order valence-corrected chi connectivity index (χ2v) is 6.18. The molecule has 0 aliphatic heterocycles. The summed E-state index contributed by atoms with van der Waals surface area (Å²) in [6.45, 7) is 7.24. The lowest BCUT2D eigenvalue weighted by Crippen LogP contribution is -2.26. The van der Waals surface area contributed by atoms with Crippen molar-refractivity contribution < 1.29 is 19.1 Å². The predicted octanol–water partition coefficient (Wildman–Crippen LogP) is 3.52.